The van der Waals surface area contributed by atoms with Crippen LogP contribution in [0.1, 0.15) is 30.9 Å². The molecule has 0 bridgehead atoms. The minimum Gasteiger partial charge on any atom is -0.490 e. The highest BCUT2D eigenvalue weighted by Gasteiger charge is 2.24. The number of fused-ring (bicyclic) bond motifs is 1. The summed E-state index contributed by atoms with van der Waals surface area (Å²) in [6.07, 6.45) is 2.93. The molecule has 7 nitrogen and oxygen atoms in total. The minimum atomic E-state index is -3.65. The molecule has 4 rings (SSSR count). The Balaban J connectivity index is 1.36. The van der Waals surface area contributed by atoms with E-state index in [1.807, 2.05) is 24.3 Å². The summed E-state index contributed by atoms with van der Waals surface area (Å²) in [5.74, 6) is 0.783. The third-order valence-corrected chi connectivity index (χ3v) is 7.39. The average molecular weight is 444 g/mol. The zero-order valence-electron chi connectivity index (χ0n) is 18.0. The molecule has 0 saturated carbocycles. The van der Waals surface area contributed by atoms with Crippen LogP contribution < -0.4 is 14.4 Å². The summed E-state index contributed by atoms with van der Waals surface area (Å²) in [6, 6.07) is 12.5. The third-order valence-electron chi connectivity index (χ3n) is 5.99. The molecule has 2 aromatic carbocycles. The van der Waals surface area contributed by atoms with Crippen molar-refractivity contribution < 1.29 is 17.9 Å². The van der Waals surface area contributed by atoms with Crippen LogP contribution in [0.2, 0.25) is 0 Å². The summed E-state index contributed by atoms with van der Waals surface area (Å²) >= 11 is 0. The number of nitrogens with one attached hydrogen (secondary N) is 1. The molecule has 1 fully saturated rings. The Morgan fingerprint density at radius 2 is 1.81 bits per heavy atom. The average Bonchev–Trinajstić information content (AvgIpc) is 3.19. The number of benzene rings is 2. The molecule has 1 saturated heterocycles. The molecular weight excluding hydrogens is 414 g/mol. The Labute approximate surface area is 184 Å². The number of sulfonamides is 1. The summed E-state index contributed by atoms with van der Waals surface area (Å²) < 4.78 is 34.2. The van der Waals surface area contributed by atoms with Gasteiger partial charge < -0.3 is 14.5 Å². The van der Waals surface area contributed by atoms with Gasteiger partial charge in [-0.2, -0.15) is 0 Å². The van der Waals surface area contributed by atoms with Gasteiger partial charge in [-0.15, -0.1) is 0 Å². The van der Waals surface area contributed by atoms with Gasteiger partial charge in [-0.1, -0.05) is 12.1 Å². The number of hydrogen-bond acceptors (Lipinski definition) is 5. The van der Waals surface area contributed by atoms with Crippen LogP contribution in [0.5, 0.6) is 5.75 Å². The zero-order chi connectivity index (χ0) is 22.0. The van der Waals surface area contributed by atoms with Gasteiger partial charge in [-0.3, -0.25) is 4.79 Å². The van der Waals surface area contributed by atoms with Gasteiger partial charge in [0.15, 0.2) is 0 Å². The van der Waals surface area contributed by atoms with Crippen molar-refractivity contribution in [3.63, 3.8) is 0 Å². The van der Waals surface area contributed by atoms with Crippen molar-refractivity contribution >= 4 is 21.6 Å². The number of carbonyl (C=O) groups is 1. The molecule has 166 valence electrons. The molecule has 1 amide bonds. The van der Waals surface area contributed by atoms with E-state index in [-0.39, 0.29) is 23.5 Å². The Bertz CT molecular complexity index is 1040. The molecule has 31 heavy (non-hydrogen) atoms. The highest BCUT2D eigenvalue weighted by Crippen LogP contribution is 2.30. The van der Waals surface area contributed by atoms with Crippen LogP contribution in [0.15, 0.2) is 47.4 Å². The first-order chi connectivity index (χ1) is 14.8. The maximum absolute atomic E-state index is 12.8. The van der Waals surface area contributed by atoms with Gasteiger partial charge in [0, 0.05) is 38.8 Å². The number of piperidine rings is 1. The zero-order valence-corrected chi connectivity index (χ0v) is 18.8. The first-order valence-electron chi connectivity index (χ1n) is 10.7. The van der Waals surface area contributed by atoms with Crippen LogP contribution in [0, 0.1) is 0 Å². The topological polar surface area (TPSA) is 79.0 Å². The minimum absolute atomic E-state index is 0.0317. The van der Waals surface area contributed by atoms with Gasteiger partial charge in [0.25, 0.3) is 0 Å². The van der Waals surface area contributed by atoms with Crippen LogP contribution in [0.3, 0.4) is 0 Å². The number of nitrogens with zero attached hydrogens (tertiary/aromatic N) is 2. The second-order valence-electron chi connectivity index (χ2n) is 8.30. The van der Waals surface area contributed by atoms with Crippen LogP contribution in [-0.4, -0.2) is 52.0 Å². The second kappa shape index (κ2) is 8.98. The van der Waals surface area contributed by atoms with E-state index in [4.69, 9.17) is 4.74 Å². The molecule has 1 N–H and O–H groups in total. The van der Waals surface area contributed by atoms with Gasteiger partial charge in [-0.25, -0.2) is 13.1 Å². The van der Waals surface area contributed by atoms with E-state index in [0.29, 0.717) is 13.0 Å². The van der Waals surface area contributed by atoms with E-state index in [9.17, 15) is 13.2 Å². The smallest absolute Gasteiger partial charge is 0.240 e. The van der Waals surface area contributed by atoms with Gasteiger partial charge in [0.1, 0.15) is 11.9 Å². The summed E-state index contributed by atoms with van der Waals surface area (Å²) in [5.41, 5.74) is 2.54. The summed E-state index contributed by atoms with van der Waals surface area (Å²) in [6.45, 7) is 4.40. The molecule has 0 aliphatic carbocycles. The SMILES string of the molecule is CC(=O)N1CCc2cc(S(=O)(=O)NCc3ccc(OC4CCN(C)CC4)cc3)ccc21. The van der Waals surface area contributed by atoms with Crippen molar-refractivity contribution in [3.05, 3.63) is 53.6 Å². The van der Waals surface area contributed by atoms with Crippen molar-refractivity contribution in [1.29, 1.82) is 0 Å². The molecule has 2 aliphatic rings. The van der Waals surface area contributed by atoms with E-state index >= 15 is 0 Å². The highest BCUT2D eigenvalue weighted by molar-refractivity contribution is 7.89. The fraction of sp³-hybridized carbons (Fsp3) is 0.435. The highest BCUT2D eigenvalue weighted by atomic mass is 32.2. The van der Waals surface area contributed by atoms with Gasteiger partial charge >= 0.3 is 0 Å². The summed E-state index contributed by atoms with van der Waals surface area (Å²) in [7, 11) is -1.52. The lowest BCUT2D eigenvalue weighted by Crippen LogP contribution is -2.35. The molecule has 0 radical (unpaired) electrons. The molecular formula is C23H29N3O4S. The Kier molecular flexibility index (Phi) is 6.31. The number of carbonyl (C=O) groups excluding carboxylic acids is 1. The largest absolute Gasteiger partial charge is 0.490 e. The van der Waals surface area contributed by atoms with Gasteiger partial charge in [0.05, 0.1) is 4.90 Å². The number of hydrogen-bond donors (Lipinski definition) is 1. The molecule has 2 heterocycles. The fourth-order valence-corrected chi connectivity index (χ4v) is 5.18. The molecule has 0 aromatic heterocycles. The Morgan fingerprint density at radius 1 is 1.10 bits per heavy atom. The van der Waals surface area contributed by atoms with E-state index in [2.05, 4.69) is 16.7 Å². The van der Waals surface area contributed by atoms with Crippen molar-refractivity contribution in [2.24, 2.45) is 0 Å². The van der Waals surface area contributed by atoms with E-state index in [1.165, 1.54) is 6.92 Å². The Hall–Kier alpha value is -2.42. The number of amides is 1. The van der Waals surface area contributed by atoms with Crippen molar-refractivity contribution in [1.82, 2.24) is 9.62 Å². The van der Waals surface area contributed by atoms with Gasteiger partial charge in [0.2, 0.25) is 15.9 Å². The molecule has 0 spiro atoms. The van der Waals surface area contributed by atoms with Gasteiger partial charge in [-0.05, 0) is 67.8 Å². The van der Waals surface area contributed by atoms with E-state index in [0.717, 1.165) is 48.5 Å². The first-order valence-corrected chi connectivity index (χ1v) is 12.1. The molecule has 8 heteroatoms. The quantitative estimate of drug-likeness (QED) is 0.742. The Morgan fingerprint density at radius 3 is 2.48 bits per heavy atom. The van der Waals surface area contributed by atoms with Crippen LogP contribution in [-0.2, 0) is 27.8 Å². The lowest BCUT2D eigenvalue weighted by molar-refractivity contribution is -0.116. The molecule has 0 unspecified atom stereocenters. The monoisotopic (exact) mass is 443 g/mol. The normalized spacial score (nSPS) is 17.5. The van der Waals surface area contributed by atoms with Crippen molar-refractivity contribution in [3.8, 4) is 5.75 Å². The van der Waals surface area contributed by atoms with Crippen LogP contribution in [0.25, 0.3) is 0 Å². The lowest BCUT2D eigenvalue weighted by atomic mass is 10.1. The fourth-order valence-electron chi connectivity index (χ4n) is 4.12. The number of ether oxygens (including phenoxy) is 1. The summed E-state index contributed by atoms with van der Waals surface area (Å²) in [4.78, 5) is 15.9. The van der Waals surface area contributed by atoms with Crippen LogP contribution in [0.4, 0.5) is 5.69 Å². The van der Waals surface area contributed by atoms with Crippen molar-refractivity contribution in [2.45, 2.75) is 43.7 Å². The summed E-state index contributed by atoms with van der Waals surface area (Å²) in [5, 5.41) is 0. The number of likely N-dealkylation sites (tertiary alicyclic amines) is 1. The first kappa shape index (κ1) is 21.8. The number of rotatable bonds is 6. The molecule has 0 atom stereocenters. The maximum Gasteiger partial charge on any atom is 0.240 e. The second-order valence-corrected chi connectivity index (χ2v) is 10.1. The predicted octanol–water partition coefficient (Wildman–Crippen LogP) is 2.55. The lowest BCUT2D eigenvalue weighted by Gasteiger charge is -2.29. The predicted molar refractivity (Wildman–Crippen MR) is 120 cm³/mol. The molecule has 2 aromatic rings. The van der Waals surface area contributed by atoms with E-state index < -0.39 is 10.0 Å². The standard InChI is InChI=1S/C23H29N3O4S/c1-17(27)26-14-9-19-15-22(7-8-23(19)26)31(28,29)24-16-18-3-5-20(6-4-18)30-21-10-12-25(2)13-11-21/h3-8,15,21,24H,9-14,16H2,1-2H3. The third kappa shape index (κ3) is 5.08. The van der Waals surface area contributed by atoms with Crippen molar-refractivity contribution in [2.75, 3.05) is 31.6 Å². The number of anilines is 1. The van der Waals surface area contributed by atoms with Crippen LogP contribution >= 0.6 is 0 Å². The maximum atomic E-state index is 12.8. The molecule has 2 aliphatic heterocycles. The van der Waals surface area contributed by atoms with E-state index in [1.54, 1.807) is 23.1 Å².